The second-order valence-corrected chi connectivity index (χ2v) is 14.0. The standard InChI is InChI=1S/C28H31Cl2FN2O3S/c1-26(2,3)13-21-28(17-9-19(31)18(30)10-20(17)37-25(28)35)22(14-6-5-7-15(29)8-14)23(33-21)24(34)32-16-11-27(4,36)12-16/h5-10,16,21-23,33,36H,11-13H2,1-4H3,(H,32,34)/t16?,21-,22+,23-,27?,28+/m1/s1. The van der Waals surface area contributed by atoms with E-state index >= 15 is 0 Å². The van der Waals surface area contributed by atoms with Gasteiger partial charge in [0, 0.05) is 27.9 Å². The van der Waals surface area contributed by atoms with Gasteiger partial charge in [-0.05, 0) is 67.0 Å². The van der Waals surface area contributed by atoms with Crippen LogP contribution in [-0.4, -0.2) is 39.9 Å². The molecule has 1 amide bonds. The van der Waals surface area contributed by atoms with Crippen molar-refractivity contribution >= 4 is 46.0 Å². The van der Waals surface area contributed by atoms with Gasteiger partial charge < -0.3 is 15.7 Å². The highest BCUT2D eigenvalue weighted by atomic mass is 35.5. The second kappa shape index (κ2) is 9.23. The van der Waals surface area contributed by atoms with Crippen molar-refractivity contribution in [2.24, 2.45) is 5.41 Å². The van der Waals surface area contributed by atoms with Crippen LogP contribution in [0, 0.1) is 11.2 Å². The van der Waals surface area contributed by atoms with E-state index in [0.29, 0.717) is 34.7 Å². The minimum absolute atomic E-state index is 0.0416. The first-order valence-corrected chi connectivity index (χ1v) is 14.0. The molecule has 2 heterocycles. The van der Waals surface area contributed by atoms with Crippen LogP contribution in [-0.2, 0) is 15.0 Å². The summed E-state index contributed by atoms with van der Waals surface area (Å²) in [6, 6.07) is 8.71. The quantitative estimate of drug-likeness (QED) is 0.451. The Hall–Kier alpha value is -1.64. The first kappa shape index (κ1) is 26.9. The smallest absolute Gasteiger partial charge is 0.238 e. The van der Waals surface area contributed by atoms with Crippen LogP contribution in [0.5, 0.6) is 0 Å². The van der Waals surface area contributed by atoms with E-state index in [1.807, 2.05) is 6.07 Å². The lowest BCUT2D eigenvalue weighted by Crippen LogP contribution is -2.57. The minimum Gasteiger partial charge on any atom is -0.390 e. The fourth-order valence-electron chi connectivity index (χ4n) is 6.39. The zero-order chi connectivity index (χ0) is 26.9. The molecule has 9 heteroatoms. The third-order valence-electron chi connectivity index (χ3n) is 7.79. The van der Waals surface area contributed by atoms with Crippen molar-refractivity contribution in [3.05, 3.63) is 63.4 Å². The number of carbonyl (C=O) groups is 2. The molecule has 2 aromatic carbocycles. The molecule has 2 fully saturated rings. The Balaban J connectivity index is 1.68. The van der Waals surface area contributed by atoms with E-state index in [0.717, 1.165) is 17.3 Å². The van der Waals surface area contributed by atoms with E-state index in [1.165, 1.54) is 12.1 Å². The summed E-state index contributed by atoms with van der Waals surface area (Å²) in [6.07, 6.45) is 1.50. The van der Waals surface area contributed by atoms with Crippen molar-refractivity contribution < 1.29 is 19.1 Å². The summed E-state index contributed by atoms with van der Waals surface area (Å²) >= 11 is 13.6. The van der Waals surface area contributed by atoms with E-state index in [9.17, 15) is 19.1 Å². The van der Waals surface area contributed by atoms with Crippen molar-refractivity contribution in [3.63, 3.8) is 0 Å². The Labute approximate surface area is 230 Å². The number of benzene rings is 2. The molecular weight excluding hydrogens is 534 g/mol. The Morgan fingerprint density at radius 2 is 1.95 bits per heavy atom. The number of hydrogen-bond donors (Lipinski definition) is 3. The number of thioether (sulfide) groups is 1. The van der Waals surface area contributed by atoms with Gasteiger partial charge in [0.05, 0.1) is 22.1 Å². The average molecular weight is 566 g/mol. The third-order valence-corrected chi connectivity index (χ3v) is 9.39. The lowest BCUT2D eigenvalue weighted by Gasteiger charge is -2.42. The van der Waals surface area contributed by atoms with Crippen LogP contribution < -0.4 is 10.6 Å². The van der Waals surface area contributed by atoms with Gasteiger partial charge in [-0.2, -0.15) is 0 Å². The number of hydrogen-bond acceptors (Lipinski definition) is 5. The van der Waals surface area contributed by atoms with Crippen LogP contribution >= 0.6 is 35.0 Å². The molecule has 198 valence electrons. The van der Waals surface area contributed by atoms with E-state index in [-0.39, 0.29) is 27.5 Å². The maximum absolute atomic E-state index is 15.0. The Morgan fingerprint density at radius 1 is 1.24 bits per heavy atom. The number of fused-ring (bicyclic) bond motifs is 2. The molecule has 2 aromatic rings. The normalized spacial score (nSPS) is 32.9. The van der Waals surface area contributed by atoms with Gasteiger partial charge >= 0.3 is 0 Å². The maximum Gasteiger partial charge on any atom is 0.238 e. The molecule has 37 heavy (non-hydrogen) atoms. The molecule has 0 bridgehead atoms. The fraction of sp³-hybridized carbons (Fsp3) is 0.500. The van der Waals surface area contributed by atoms with Gasteiger partial charge in [-0.25, -0.2) is 4.39 Å². The monoisotopic (exact) mass is 564 g/mol. The van der Waals surface area contributed by atoms with Crippen molar-refractivity contribution in [2.75, 3.05) is 0 Å². The van der Waals surface area contributed by atoms with E-state index in [4.69, 9.17) is 23.2 Å². The van der Waals surface area contributed by atoms with E-state index < -0.39 is 34.8 Å². The molecular formula is C28H31Cl2FN2O3S. The van der Waals surface area contributed by atoms with Crippen LogP contribution in [0.4, 0.5) is 4.39 Å². The van der Waals surface area contributed by atoms with Crippen LogP contribution in [0.15, 0.2) is 41.3 Å². The number of nitrogens with one attached hydrogen (secondary N) is 2. The Morgan fingerprint density at radius 3 is 2.57 bits per heavy atom. The average Bonchev–Trinajstić information content (AvgIpc) is 3.22. The first-order chi connectivity index (χ1) is 17.2. The number of aliphatic hydroxyl groups is 1. The lowest BCUT2D eigenvalue weighted by atomic mass is 9.63. The summed E-state index contributed by atoms with van der Waals surface area (Å²) in [5, 5.41) is 17.1. The third kappa shape index (κ3) is 4.71. The molecule has 1 spiro atoms. The van der Waals surface area contributed by atoms with Gasteiger partial charge in [-0.1, -0.05) is 67.9 Å². The molecule has 2 aliphatic heterocycles. The predicted octanol–water partition coefficient (Wildman–Crippen LogP) is 5.59. The number of carbonyl (C=O) groups excluding carboxylic acids is 2. The van der Waals surface area contributed by atoms with E-state index in [2.05, 4.69) is 31.4 Å². The van der Waals surface area contributed by atoms with Crippen molar-refractivity contribution in [3.8, 4) is 0 Å². The zero-order valence-electron chi connectivity index (χ0n) is 21.2. The summed E-state index contributed by atoms with van der Waals surface area (Å²) < 4.78 is 15.0. The highest BCUT2D eigenvalue weighted by Gasteiger charge is 2.66. The summed E-state index contributed by atoms with van der Waals surface area (Å²) in [5.74, 6) is -1.48. The number of amides is 1. The predicted molar refractivity (Wildman–Crippen MR) is 145 cm³/mol. The topological polar surface area (TPSA) is 78.4 Å². The lowest BCUT2D eigenvalue weighted by molar-refractivity contribution is -0.127. The molecule has 0 radical (unpaired) electrons. The van der Waals surface area contributed by atoms with Gasteiger partial charge in [0.15, 0.2) is 0 Å². The Bertz CT molecular complexity index is 1270. The molecule has 1 saturated carbocycles. The van der Waals surface area contributed by atoms with Crippen molar-refractivity contribution in [1.82, 2.24) is 10.6 Å². The highest BCUT2D eigenvalue weighted by molar-refractivity contribution is 8.14. The second-order valence-electron chi connectivity index (χ2n) is 12.1. The van der Waals surface area contributed by atoms with Gasteiger partial charge in [0.2, 0.25) is 11.0 Å². The van der Waals surface area contributed by atoms with Crippen molar-refractivity contribution in [2.45, 2.75) is 86.9 Å². The van der Waals surface area contributed by atoms with Crippen LogP contribution in [0.1, 0.15) is 64.0 Å². The molecule has 5 nitrogen and oxygen atoms in total. The van der Waals surface area contributed by atoms with Crippen LogP contribution in [0.2, 0.25) is 10.0 Å². The van der Waals surface area contributed by atoms with E-state index in [1.54, 1.807) is 25.1 Å². The van der Waals surface area contributed by atoms with Gasteiger partial charge in [0.1, 0.15) is 5.82 Å². The van der Waals surface area contributed by atoms with Crippen molar-refractivity contribution in [1.29, 1.82) is 0 Å². The molecule has 5 rings (SSSR count). The summed E-state index contributed by atoms with van der Waals surface area (Å²) in [7, 11) is 0. The summed E-state index contributed by atoms with van der Waals surface area (Å²) in [5.41, 5.74) is -0.916. The van der Waals surface area contributed by atoms with Gasteiger partial charge in [-0.15, -0.1) is 0 Å². The van der Waals surface area contributed by atoms with Crippen LogP contribution in [0.3, 0.4) is 0 Å². The first-order valence-electron chi connectivity index (χ1n) is 12.5. The number of halogens is 3. The van der Waals surface area contributed by atoms with Gasteiger partial charge in [0.25, 0.3) is 0 Å². The molecule has 1 aliphatic carbocycles. The minimum atomic E-state index is -1.21. The molecule has 0 unspecified atom stereocenters. The highest BCUT2D eigenvalue weighted by Crippen LogP contribution is 2.60. The fourth-order valence-corrected chi connectivity index (χ4v) is 8.08. The number of rotatable bonds is 4. The van der Waals surface area contributed by atoms with Crippen LogP contribution in [0.25, 0.3) is 0 Å². The molecule has 3 aliphatic rings. The zero-order valence-corrected chi connectivity index (χ0v) is 23.5. The summed E-state index contributed by atoms with van der Waals surface area (Å²) in [6.45, 7) is 7.99. The Kier molecular flexibility index (Phi) is 6.72. The largest absolute Gasteiger partial charge is 0.390 e. The maximum atomic E-state index is 15.0. The molecule has 4 atom stereocenters. The molecule has 3 N–H and O–H groups in total. The van der Waals surface area contributed by atoms with Gasteiger partial charge in [-0.3, -0.25) is 9.59 Å². The molecule has 0 aromatic heterocycles. The summed E-state index contributed by atoms with van der Waals surface area (Å²) in [4.78, 5) is 28.6. The molecule has 1 saturated heterocycles. The SMILES string of the molecule is CC(C)(C)C[C@H]1N[C@@H](C(=O)NC2CC(C)(O)C2)[C@H](c2cccc(Cl)c2)[C@@]12C(=O)Sc1cc(Cl)c(F)cc12.